The highest BCUT2D eigenvalue weighted by Gasteiger charge is 2.34. The summed E-state index contributed by atoms with van der Waals surface area (Å²) in [7, 11) is 0. The second kappa shape index (κ2) is 6.40. The maximum absolute atomic E-state index is 12.8. The molecule has 5 heteroatoms. The van der Waals surface area contributed by atoms with Crippen LogP contribution in [0.2, 0.25) is 0 Å². The Morgan fingerprint density at radius 3 is 2.67 bits per heavy atom. The van der Waals surface area contributed by atoms with E-state index in [1.54, 1.807) is 23.2 Å². The number of hydrogen-bond donors (Lipinski definition) is 0. The molecule has 3 rings (SSSR count). The van der Waals surface area contributed by atoms with Gasteiger partial charge in [0.25, 0.3) is 5.91 Å². The van der Waals surface area contributed by atoms with Crippen LogP contribution in [0.3, 0.4) is 0 Å². The third kappa shape index (κ3) is 2.96. The molecule has 1 aliphatic heterocycles. The van der Waals surface area contributed by atoms with E-state index in [2.05, 4.69) is 0 Å². The number of ether oxygens (including phenoxy) is 1. The van der Waals surface area contributed by atoms with Gasteiger partial charge in [-0.3, -0.25) is 4.79 Å². The maximum atomic E-state index is 12.8. The number of amides is 1. The summed E-state index contributed by atoms with van der Waals surface area (Å²) in [6.45, 7) is 7.49. The Kier molecular flexibility index (Phi) is 4.45. The molecule has 1 aliphatic rings. The van der Waals surface area contributed by atoms with Gasteiger partial charge < -0.3 is 9.64 Å². The Labute approximate surface area is 146 Å². The zero-order chi connectivity index (χ0) is 17.4. The van der Waals surface area contributed by atoms with Crippen molar-refractivity contribution in [3.05, 3.63) is 51.2 Å². The van der Waals surface area contributed by atoms with Gasteiger partial charge in [-0.15, -0.1) is 11.3 Å². The van der Waals surface area contributed by atoms with Crippen molar-refractivity contribution < 1.29 is 14.3 Å². The molecular formula is C19H21NO3S. The van der Waals surface area contributed by atoms with Crippen LogP contribution in [0.25, 0.3) is 0 Å². The van der Waals surface area contributed by atoms with E-state index in [1.165, 1.54) is 0 Å². The molecule has 0 unspecified atom stereocenters. The lowest BCUT2D eigenvalue weighted by Crippen LogP contribution is -2.43. The van der Waals surface area contributed by atoms with Crippen molar-refractivity contribution >= 4 is 28.9 Å². The Balaban J connectivity index is 1.76. The minimum atomic E-state index is -0.814. The highest BCUT2D eigenvalue weighted by atomic mass is 32.1. The van der Waals surface area contributed by atoms with Gasteiger partial charge in [0.2, 0.25) is 0 Å². The van der Waals surface area contributed by atoms with Crippen LogP contribution in [0.5, 0.6) is 0 Å². The first-order valence-corrected chi connectivity index (χ1v) is 8.89. The lowest BCUT2D eigenvalue weighted by atomic mass is 10.1. The first-order valence-electron chi connectivity index (χ1n) is 8.07. The van der Waals surface area contributed by atoms with Gasteiger partial charge >= 0.3 is 5.97 Å². The molecule has 0 aliphatic carbocycles. The van der Waals surface area contributed by atoms with E-state index >= 15 is 0 Å². The number of hydrogen-bond acceptors (Lipinski definition) is 4. The summed E-state index contributed by atoms with van der Waals surface area (Å²) >= 11 is 1.55. The number of esters is 1. The lowest BCUT2D eigenvalue weighted by Gasteiger charge is -2.25. The van der Waals surface area contributed by atoms with Crippen molar-refractivity contribution in [3.63, 3.8) is 0 Å². The number of benzene rings is 1. The fourth-order valence-electron chi connectivity index (χ4n) is 3.21. The SMILES string of the molecule is Cc1cc(C(=O)O[C@H](C)C(=O)N2c3ccccc3C[C@@H]2C)c(C)s1. The van der Waals surface area contributed by atoms with Gasteiger partial charge in [0.05, 0.1) is 5.56 Å². The van der Waals surface area contributed by atoms with Crippen LogP contribution in [-0.4, -0.2) is 24.0 Å². The molecule has 24 heavy (non-hydrogen) atoms. The molecule has 0 N–H and O–H groups in total. The number of para-hydroxylation sites is 1. The first kappa shape index (κ1) is 16.7. The van der Waals surface area contributed by atoms with Crippen LogP contribution in [0.4, 0.5) is 5.69 Å². The fourth-order valence-corrected chi connectivity index (χ4v) is 4.12. The molecule has 2 aromatic rings. The predicted octanol–water partition coefficient (Wildman–Crippen LogP) is 3.89. The summed E-state index contributed by atoms with van der Waals surface area (Å²) in [5, 5.41) is 0. The van der Waals surface area contributed by atoms with Crippen LogP contribution in [0, 0.1) is 13.8 Å². The maximum Gasteiger partial charge on any atom is 0.340 e. The van der Waals surface area contributed by atoms with E-state index in [0.29, 0.717) is 5.56 Å². The monoisotopic (exact) mass is 343 g/mol. The standard InChI is InChI=1S/C19H21NO3S/c1-11-9-15-7-5-6-8-17(15)20(11)18(21)13(3)23-19(22)16-10-12(2)24-14(16)4/h5-8,10-11,13H,9H2,1-4H3/t11-,13+/m0/s1. The number of aryl methyl sites for hydroxylation is 2. The number of rotatable bonds is 3. The van der Waals surface area contributed by atoms with E-state index in [1.807, 2.05) is 51.1 Å². The quantitative estimate of drug-likeness (QED) is 0.794. The smallest absolute Gasteiger partial charge is 0.340 e. The largest absolute Gasteiger partial charge is 0.449 e. The van der Waals surface area contributed by atoms with Gasteiger partial charge in [-0.05, 0) is 51.8 Å². The minimum absolute atomic E-state index is 0.0705. The summed E-state index contributed by atoms with van der Waals surface area (Å²) in [6, 6.07) is 9.76. The van der Waals surface area contributed by atoms with Crippen molar-refractivity contribution in [2.75, 3.05) is 4.90 Å². The van der Waals surface area contributed by atoms with Gasteiger partial charge in [0, 0.05) is 21.5 Å². The molecule has 0 spiro atoms. The molecule has 1 amide bonds. The molecule has 2 heterocycles. The van der Waals surface area contributed by atoms with Crippen LogP contribution in [0.1, 0.15) is 39.5 Å². The second-order valence-corrected chi connectivity index (χ2v) is 7.72. The van der Waals surface area contributed by atoms with Gasteiger partial charge in [-0.1, -0.05) is 18.2 Å². The summed E-state index contributed by atoms with van der Waals surface area (Å²) in [5.74, 6) is -0.608. The van der Waals surface area contributed by atoms with E-state index in [4.69, 9.17) is 4.74 Å². The number of anilines is 1. The molecular weight excluding hydrogens is 322 g/mol. The number of carbonyl (C=O) groups excluding carboxylic acids is 2. The molecule has 0 saturated carbocycles. The minimum Gasteiger partial charge on any atom is -0.449 e. The fraction of sp³-hybridized carbons (Fsp3) is 0.368. The molecule has 0 radical (unpaired) electrons. The van der Waals surface area contributed by atoms with Gasteiger partial charge in [0.1, 0.15) is 0 Å². The van der Waals surface area contributed by atoms with Gasteiger partial charge in [-0.25, -0.2) is 4.79 Å². The molecule has 2 atom stereocenters. The highest BCUT2D eigenvalue weighted by molar-refractivity contribution is 7.12. The Bertz CT molecular complexity index is 796. The zero-order valence-electron chi connectivity index (χ0n) is 14.3. The molecule has 0 saturated heterocycles. The van der Waals surface area contributed by atoms with E-state index < -0.39 is 12.1 Å². The third-order valence-corrected chi connectivity index (χ3v) is 5.30. The Morgan fingerprint density at radius 2 is 2.00 bits per heavy atom. The average molecular weight is 343 g/mol. The molecule has 1 aromatic carbocycles. The van der Waals surface area contributed by atoms with Crippen molar-refractivity contribution in [1.29, 1.82) is 0 Å². The number of thiophene rings is 1. The number of carbonyl (C=O) groups is 2. The first-order chi connectivity index (χ1) is 11.4. The molecule has 0 bridgehead atoms. The van der Waals surface area contributed by atoms with Crippen molar-refractivity contribution in [1.82, 2.24) is 0 Å². The lowest BCUT2D eigenvalue weighted by molar-refractivity contribution is -0.126. The summed E-state index contributed by atoms with van der Waals surface area (Å²) < 4.78 is 5.44. The normalized spacial score (nSPS) is 17.5. The highest BCUT2D eigenvalue weighted by Crippen LogP contribution is 2.32. The third-order valence-electron chi connectivity index (χ3n) is 4.34. The topological polar surface area (TPSA) is 46.6 Å². The number of fused-ring (bicyclic) bond motifs is 1. The summed E-state index contributed by atoms with van der Waals surface area (Å²) in [4.78, 5) is 28.9. The van der Waals surface area contributed by atoms with Gasteiger partial charge in [-0.2, -0.15) is 0 Å². The van der Waals surface area contributed by atoms with Crippen molar-refractivity contribution in [2.24, 2.45) is 0 Å². The average Bonchev–Trinajstić information content (AvgIpc) is 3.04. The number of nitrogens with zero attached hydrogens (tertiary/aromatic N) is 1. The van der Waals surface area contributed by atoms with E-state index in [0.717, 1.165) is 27.4 Å². The predicted molar refractivity (Wildman–Crippen MR) is 95.8 cm³/mol. The molecule has 126 valence electrons. The summed E-state index contributed by atoms with van der Waals surface area (Å²) in [6.07, 6.45) is 0.0107. The van der Waals surface area contributed by atoms with Crippen LogP contribution in [0.15, 0.2) is 30.3 Å². The molecule has 0 fully saturated rings. The van der Waals surface area contributed by atoms with Crippen molar-refractivity contribution in [3.8, 4) is 0 Å². The van der Waals surface area contributed by atoms with Gasteiger partial charge in [0.15, 0.2) is 6.10 Å². The van der Waals surface area contributed by atoms with E-state index in [-0.39, 0.29) is 11.9 Å². The Hall–Kier alpha value is -2.14. The molecule has 1 aromatic heterocycles. The Morgan fingerprint density at radius 1 is 1.29 bits per heavy atom. The van der Waals surface area contributed by atoms with Crippen LogP contribution in [-0.2, 0) is 16.0 Å². The summed E-state index contributed by atoms with van der Waals surface area (Å²) in [5.41, 5.74) is 2.62. The van der Waals surface area contributed by atoms with Crippen LogP contribution < -0.4 is 4.90 Å². The zero-order valence-corrected chi connectivity index (χ0v) is 15.1. The van der Waals surface area contributed by atoms with Crippen molar-refractivity contribution in [2.45, 2.75) is 46.3 Å². The second-order valence-electron chi connectivity index (χ2n) is 6.26. The molecule has 4 nitrogen and oxygen atoms in total. The van der Waals surface area contributed by atoms with Crippen LogP contribution >= 0.6 is 11.3 Å². The van der Waals surface area contributed by atoms with E-state index in [9.17, 15) is 9.59 Å².